The monoisotopic (exact) mass is 343 g/mol. The van der Waals surface area contributed by atoms with Gasteiger partial charge in [-0.25, -0.2) is 5.43 Å². The highest BCUT2D eigenvalue weighted by atomic mass is 16.6. The maximum Gasteiger partial charge on any atom is 0.273 e. The molecule has 0 aliphatic heterocycles. The van der Waals surface area contributed by atoms with E-state index in [4.69, 9.17) is 9.47 Å². The summed E-state index contributed by atoms with van der Waals surface area (Å²) in [6, 6.07) is 9.38. The van der Waals surface area contributed by atoms with E-state index in [-0.39, 0.29) is 11.3 Å². The number of benzene rings is 2. The fourth-order valence-electron chi connectivity index (χ4n) is 2.10. The molecule has 0 fully saturated rings. The molecule has 25 heavy (non-hydrogen) atoms. The van der Waals surface area contributed by atoms with Gasteiger partial charge in [-0.2, -0.15) is 5.10 Å². The molecule has 0 spiro atoms. The Morgan fingerprint density at radius 2 is 1.96 bits per heavy atom. The number of nitrogens with one attached hydrogen (secondary N) is 1. The lowest BCUT2D eigenvalue weighted by Gasteiger charge is -2.07. The quantitative estimate of drug-likeness (QED) is 0.493. The first-order chi connectivity index (χ1) is 12.0. The molecule has 0 unspecified atom stereocenters. The highest BCUT2D eigenvalue weighted by Gasteiger charge is 2.14. The number of nitrogens with zero attached hydrogens (tertiary/aromatic N) is 2. The van der Waals surface area contributed by atoms with Crippen LogP contribution >= 0.6 is 0 Å². The van der Waals surface area contributed by atoms with E-state index in [1.54, 1.807) is 32.2 Å². The van der Waals surface area contributed by atoms with Crippen LogP contribution in [0.25, 0.3) is 0 Å². The van der Waals surface area contributed by atoms with Gasteiger partial charge in [-0.15, -0.1) is 0 Å². The van der Waals surface area contributed by atoms with Gasteiger partial charge in [-0.3, -0.25) is 14.9 Å². The van der Waals surface area contributed by atoms with Crippen molar-refractivity contribution in [1.82, 2.24) is 5.43 Å². The summed E-state index contributed by atoms with van der Waals surface area (Å²) >= 11 is 0. The van der Waals surface area contributed by atoms with E-state index < -0.39 is 10.8 Å². The highest BCUT2D eigenvalue weighted by molar-refractivity contribution is 5.95. The van der Waals surface area contributed by atoms with Crippen LogP contribution in [0.5, 0.6) is 11.5 Å². The van der Waals surface area contributed by atoms with Crippen molar-refractivity contribution in [3.8, 4) is 11.5 Å². The van der Waals surface area contributed by atoms with Crippen LogP contribution < -0.4 is 14.9 Å². The summed E-state index contributed by atoms with van der Waals surface area (Å²) in [6.45, 7) is 1.61. The second kappa shape index (κ2) is 7.91. The van der Waals surface area contributed by atoms with E-state index in [2.05, 4.69) is 10.5 Å². The first-order valence-corrected chi connectivity index (χ1v) is 7.26. The number of hydrogen-bond acceptors (Lipinski definition) is 6. The van der Waals surface area contributed by atoms with Crippen LogP contribution in [-0.4, -0.2) is 31.3 Å². The lowest BCUT2D eigenvalue weighted by atomic mass is 10.1. The molecule has 8 nitrogen and oxygen atoms in total. The molecule has 0 aromatic heterocycles. The molecule has 0 aliphatic rings. The molecule has 0 saturated carbocycles. The fourth-order valence-corrected chi connectivity index (χ4v) is 2.10. The topological polar surface area (TPSA) is 103 Å². The van der Waals surface area contributed by atoms with Crippen LogP contribution in [0.3, 0.4) is 0 Å². The number of ether oxygens (including phenoxy) is 2. The third kappa shape index (κ3) is 4.31. The molecule has 0 bridgehead atoms. The number of nitro benzene ring substituents is 1. The Kier molecular flexibility index (Phi) is 5.67. The Bertz CT molecular complexity index is 833. The second-order valence-corrected chi connectivity index (χ2v) is 5.07. The molecular formula is C17H17N3O5. The molecule has 2 aromatic carbocycles. The summed E-state index contributed by atoms with van der Waals surface area (Å²) in [5.74, 6) is 0.611. The average molecular weight is 343 g/mol. The van der Waals surface area contributed by atoms with Crippen molar-refractivity contribution >= 4 is 17.8 Å². The molecule has 1 amide bonds. The van der Waals surface area contributed by atoms with Crippen LogP contribution in [-0.2, 0) is 0 Å². The number of methoxy groups -OCH3 is 2. The standard InChI is InChI=1S/C17H17N3O5/c1-11-4-5-12(8-15(11)20(22)23)17(21)19-18-10-13-6-7-14(24-2)9-16(13)25-3/h4-10H,1-3H3,(H,19,21)/b18-10+. The molecule has 2 aromatic rings. The summed E-state index contributed by atoms with van der Waals surface area (Å²) < 4.78 is 10.3. The molecular weight excluding hydrogens is 326 g/mol. The van der Waals surface area contributed by atoms with Gasteiger partial charge >= 0.3 is 0 Å². The summed E-state index contributed by atoms with van der Waals surface area (Å²) in [7, 11) is 3.06. The number of aryl methyl sites for hydroxylation is 1. The smallest absolute Gasteiger partial charge is 0.273 e. The molecule has 2 rings (SSSR count). The number of nitro groups is 1. The van der Waals surface area contributed by atoms with Gasteiger partial charge in [0.05, 0.1) is 25.4 Å². The summed E-state index contributed by atoms with van der Waals surface area (Å²) in [6.07, 6.45) is 1.42. The molecule has 130 valence electrons. The Morgan fingerprint density at radius 3 is 2.60 bits per heavy atom. The number of hydrazone groups is 1. The van der Waals surface area contributed by atoms with E-state index in [1.807, 2.05) is 0 Å². The number of hydrogen-bond donors (Lipinski definition) is 1. The number of amides is 1. The van der Waals surface area contributed by atoms with Crippen molar-refractivity contribution in [2.45, 2.75) is 6.92 Å². The van der Waals surface area contributed by atoms with Crippen molar-refractivity contribution < 1.29 is 19.2 Å². The third-order valence-electron chi connectivity index (χ3n) is 3.48. The van der Waals surface area contributed by atoms with Crippen LogP contribution in [0.15, 0.2) is 41.5 Å². The molecule has 0 heterocycles. The summed E-state index contributed by atoms with van der Waals surface area (Å²) in [4.78, 5) is 22.5. The zero-order chi connectivity index (χ0) is 18.4. The maximum absolute atomic E-state index is 12.1. The second-order valence-electron chi connectivity index (χ2n) is 5.07. The zero-order valence-corrected chi connectivity index (χ0v) is 14.0. The Hall–Kier alpha value is -3.42. The van der Waals surface area contributed by atoms with Crippen LogP contribution in [0.2, 0.25) is 0 Å². The van der Waals surface area contributed by atoms with Gasteiger partial charge in [0, 0.05) is 28.8 Å². The van der Waals surface area contributed by atoms with Crippen molar-refractivity contribution in [3.63, 3.8) is 0 Å². The largest absolute Gasteiger partial charge is 0.497 e. The molecule has 0 saturated heterocycles. The molecule has 8 heteroatoms. The van der Waals surface area contributed by atoms with Gasteiger partial charge in [0.2, 0.25) is 0 Å². The van der Waals surface area contributed by atoms with Crippen molar-refractivity contribution in [2.24, 2.45) is 5.10 Å². The third-order valence-corrected chi connectivity index (χ3v) is 3.48. The molecule has 1 N–H and O–H groups in total. The van der Waals surface area contributed by atoms with E-state index in [0.29, 0.717) is 22.6 Å². The SMILES string of the molecule is COc1ccc(/C=N/NC(=O)c2ccc(C)c([N+](=O)[O-])c2)c(OC)c1. The highest BCUT2D eigenvalue weighted by Crippen LogP contribution is 2.23. The van der Waals surface area contributed by atoms with E-state index in [0.717, 1.165) is 0 Å². The van der Waals surface area contributed by atoms with Crippen LogP contribution in [0.4, 0.5) is 5.69 Å². The summed E-state index contributed by atoms with van der Waals surface area (Å²) in [5.41, 5.74) is 3.48. The predicted molar refractivity (Wildman–Crippen MR) is 92.4 cm³/mol. The van der Waals surface area contributed by atoms with Gasteiger partial charge in [0.1, 0.15) is 11.5 Å². The van der Waals surface area contributed by atoms with Gasteiger partial charge < -0.3 is 9.47 Å². The van der Waals surface area contributed by atoms with Gasteiger partial charge in [0.25, 0.3) is 11.6 Å². The van der Waals surface area contributed by atoms with Gasteiger partial charge in [-0.1, -0.05) is 6.07 Å². The van der Waals surface area contributed by atoms with E-state index in [1.165, 1.54) is 31.5 Å². The number of rotatable bonds is 6. The minimum absolute atomic E-state index is 0.117. The minimum atomic E-state index is -0.549. The van der Waals surface area contributed by atoms with Gasteiger partial charge in [0.15, 0.2) is 0 Å². The number of carbonyl (C=O) groups is 1. The fraction of sp³-hybridized carbons (Fsp3) is 0.176. The molecule has 0 radical (unpaired) electrons. The molecule has 0 aliphatic carbocycles. The first-order valence-electron chi connectivity index (χ1n) is 7.26. The first kappa shape index (κ1) is 17.9. The van der Waals surface area contributed by atoms with Gasteiger partial charge in [-0.05, 0) is 25.1 Å². The average Bonchev–Trinajstić information content (AvgIpc) is 2.61. The van der Waals surface area contributed by atoms with Crippen LogP contribution in [0, 0.1) is 17.0 Å². The molecule has 0 atom stereocenters. The predicted octanol–water partition coefficient (Wildman–Crippen LogP) is 2.68. The van der Waals surface area contributed by atoms with E-state index >= 15 is 0 Å². The van der Waals surface area contributed by atoms with Crippen molar-refractivity contribution in [3.05, 3.63) is 63.2 Å². The van der Waals surface area contributed by atoms with Crippen molar-refractivity contribution in [1.29, 1.82) is 0 Å². The zero-order valence-electron chi connectivity index (χ0n) is 14.0. The Balaban J connectivity index is 2.13. The van der Waals surface area contributed by atoms with E-state index in [9.17, 15) is 14.9 Å². The Labute approximate surface area is 144 Å². The van der Waals surface area contributed by atoms with Crippen LogP contribution in [0.1, 0.15) is 21.5 Å². The normalized spacial score (nSPS) is 10.5. The van der Waals surface area contributed by atoms with Crippen molar-refractivity contribution in [2.75, 3.05) is 14.2 Å². The number of carbonyl (C=O) groups excluding carboxylic acids is 1. The summed E-state index contributed by atoms with van der Waals surface area (Å²) in [5, 5.41) is 14.8. The minimum Gasteiger partial charge on any atom is -0.497 e. The maximum atomic E-state index is 12.1. The Morgan fingerprint density at radius 1 is 1.20 bits per heavy atom. The lowest BCUT2D eigenvalue weighted by Crippen LogP contribution is -2.18. The lowest BCUT2D eigenvalue weighted by molar-refractivity contribution is -0.385.